The van der Waals surface area contributed by atoms with Gasteiger partial charge in [-0.05, 0) is 35.9 Å². The molecule has 22 heavy (non-hydrogen) atoms. The predicted octanol–water partition coefficient (Wildman–Crippen LogP) is 2.21. The van der Waals surface area contributed by atoms with Crippen LogP contribution >= 0.6 is 0 Å². The SMILES string of the molecule is COC(=O)C(=Cc1ccc(N)cc1)NC(=O)c1ccccc1. The highest BCUT2D eigenvalue weighted by Gasteiger charge is 2.14. The van der Waals surface area contributed by atoms with Crippen LogP contribution in [0.5, 0.6) is 0 Å². The number of carbonyl (C=O) groups excluding carboxylic acids is 2. The molecular formula is C17H16N2O3. The minimum atomic E-state index is -0.624. The van der Waals surface area contributed by atoms with E-state index in [-0.39, 0.29) is 11.6 Å². The van der Waals surface area contributed by atoms with Crippen molar-refractivity contribution in [1.82, 2.24) is 5.32 Å². The van der Waals surface area contributed by atoms with E-state index in [0.717, 1.165) is 5.56 Å². The standard InChI is InChI=1S/C17H16N2O3/c1-22-17(21)15(11-12-7-9-14(18)10-8-12)19-16(20)13-5-3-2-4-6-13/h2-11H,18H2,1H3,(H,19,20). The van der Waals surface area contributed by atoms with E-state index in [1.807, 2.05) is 6.07 Å². The minimum Gasteiger partial charge on any atom is -0.464 e. The molecule has 2 rings (SSSR count). The molecule has 2 aromatic rings. The van der Waals surface area contributed by atoms with E-state index in [1.165, 1.54) is 13.2 Å². The zero-order valence-electron chi connectivity index (χ0n) is 12.1. The molecule has 0 aliphatic rings. The lowest BCUT2D eigenvalue weighted by atomic mass is 10.1. The number of rotatable bonds is 4. The Balaban J connectivity index is 2.25. The predicted molar refractivity (Wildman–Crippen MR) is 84.8 cm³/mol. The Bertz CT molecular complexity index is 692. The maximum absolute atomic E-state index is 12.1. The molecule has 5 nitrogen and oxygen atoms in total. The van der Waals surface area contributed by atoms with Gasteiger partial charge >= 0.3 is 5.97 Å². The van der Waals surface area contributed by atoms with E-state index in [1.54, 1.807) is 48.5 Å². The molecule has 0 saturated carbocycles. The minimum absolute atomic E-state index is 0.0566. The lowest BCUT2D eigenvalue weighted by Crippen LogP contribution is -2.28. The fourth-order valence-electron chi connectivity index (χ4n) is 1.80. The van der Waals surface area contributed by atoms with Crippen LogP contribution in [0, 0.1) is 0 Å². The van der Waals surface area contributed by atoms with Crippen molar-refractivity contribution in [2.45, 2.75) is 0 Å². The van der Waals surface area contributed by atoms with Gasteiger partial charge in [-0.25, -0.2) is 4.79 Å². The van der Waals surface area contributed by atoms with Crippen molar-refractivity contribution in [3.63, 3.8) is 0 Å². The van der Waals surface area contributed by atoms with Gasteiger partial charge in [0.2, 0.25) is 0 Å². The summed E-state index contributed by atoms with van der Waals surface area (Å²) in [7, 11) is 1.26. The van der Waals surface area contributed by atoms with Crippen LogP contribution < -0.4 is 11.1 Å². The maximum Gasteiger partial charge on any atom is 0.354 e. The van der Waals surface area contributed by atoms with Gasteiger partial charge in [0.05, 0.1) is 7.11 Å². The number of esters is 1. The molecule has 0 radical (unpaired) electrons. The largest absolute Gasteiger partial charge is 0.464 e. The van der Waals surface area contributed by atoms with Gasteiger partial charge < -0.3 is 15.8 Å². The number of carbonyl (C=O) groups is 2. The summed E-state index contributed by atoms with van der Waals surface area (Å²) in [6, 6.07) is 15.5. The van der Waals surface area contributed by atoms with Crippen LogP contribution in [-0.4, -0.2) is 19.0 Å². The van der Waals surface area contributed by atoms with Crippen molar-refractivity contribution in [1.29, 1.82) is 0 Å². The van der Waals surface area contributed by atoms with Gasteiger partial charge in [-0.15, -0.1) is 0 Å². The van der Waals surface area contributed by atoms with Gasteiger partial charge in [0.15, 0.2) is 0 Å². The molecule has 0 bridgehead atoms. The highest BCUT2D eigenvalue weighted by molar-refractivity contribution is 6.03. The molecule has 0 aliphatic heterocycles. The summed E-state index contributed by atoms with van der Waals surface area (Å²) in [5.41, 5.74) is 7.47. The number of nitrogens with one attached hydrogen (secondary N) is 1. The quantitative estimate of drug-likeness (QED) is 0.515. The van der Waals surface area contributed by atoms with E-state index in [2.05, 4.69) is 5.32 Å². The summed E-state index contributed by atoms with van der Waals surface area (Å²) in [4.78, 5) is 24.0. The molecule has 0 aliphatic carbocycles. The molecule has 0 aromatic heterocycles. The van der Waals surface area contributed by atoms with Crippen LogP contribution in [0.25, 0.3) is 6.08 Å². The Morgan fingerprint density at radius 2 is 1.68 bits per heavy atom. The van der Waals surface area contributed by atoms with Crippen LogP contribution in [-0.2, 0) is 9.53 Å². The van der Waals surface area contributed by atoms with Crippen LogP contribution in [0.2, 0.25) is 0 Å². The summed E-state index contributed by atoms with van der Waals surface area (Å²) >= 11 is 0. The number of hydrogen-bond acceptors (Lipinski definition) is 4. The molecule has 112 valence electrons. The summed E-state index contributed by atoms with van der Waals surface area (Å²) in [5, 5.41) is 2.56. The number of benzene rings is 2. The van der Waals surface area contributed by atoms with Crippen molar-refractivity contribution in [3.8, 4) is 0 Å². The van der Waals surface area contributed by atoms with Crippen LogP contribution in [0.15, 0.2) is 60.3 Å². The first-order chi connectivity index (χ1) is 10.6. The third-order valence-corrected chi connectivity index (χ3v) is 2.94. The fourth-order valence-corrected chi connectivity index (χ4v) is 1.80. The van der Waals surface area contributed by atoms with Gasteiger partial charge in [0, 0.05) is 11.3 Å². The van der Waals surface area contributed by atoms with E-state index >= 15 is 0 Å². The Morgan fingerprint density at radius 1 is 1.05 bits per heavy atom. The smallest absolute Gasteiger partial charge is 0.354 e. The van der Waals surface area contributed by atoms with Crippen LogP contribution in [0.4, 0.5) is 5.69 Å². The van der Waals surface area contributed by atoms with E-state index < -0.39 is 5.97 Å². The first-order valence-corrected chi connectivity index (χ1v) is 6.62. The number of nitrogens with two attached hydrogens (primary N) is 1. The van der Waals surface area contributed by atoms with E-state index in [4.69, 9.17) is 10.5 Å². The number of hydrogen-bond donors (Lipinski definition) is 2. The Hall–Kier alpha value is -3.08. The Morgan fingerprint density at radius 3 is 2.27 bits per heavy atom. The lowest BCUT2D eigenvalue weighted by molar-refractivity contribution is -0.136. The normalized spacial score (nSPS) is 10.9. The highest BCUT2D eigenvalue weighted by atomic mass is 16.5. The van der Waals surface area contributed by atoms with Gasteiger partial charge in [0.1, 0.15) is 5.70 Å². The zero-order valence-corrected chi connectivity index (χ0v) is 12.1. The maximum atomic E-state index is 12.1. The first kappa shape index (κ1) is 15.3. The number of anilines is 1. The van der Waals surface area contributed by atoms with Gasteiger partial charge in [-0.1, -0.05) is 30.3 Å². The van der Waals surface area contributed by atoms with E-state index in [0.29, 0.717) is 11.3 Å². The van der Waals surface area contributed by atoms with Crippen molar-refractivity contribution in [3.05, 3.63) is 71.4 Å². The summed E-state index contributed by atoms with van der Waals surface area (Å²) in [6.45, 7) is 0. The Kier molecular flexibility index (Phi) is 4.93. The summed E-state index contributed by atoms with van der Waals surface area (Å²) in [5.74, 6) is -1.01. The third kappa shape index (κ3) is 3.96. The topological polar surface area (TPSA) is 81.4 Å². The van der Waals surface area contributed by atoms with Gasteiger partial charge in [-0.3, -0.25) is 4.79 Å². The average molecular weight is 296 g/mol. The molecule has 0 fully saturated rings. The third-order valence-electron chi connectivity index (χ3n) is 2.94. The molecule has 0 unspecified atom stereocenters. The van der Waals surface area contributed by atoms with Gasteiger partial charge in [-0.2, -0.15) is 0 Å². The molecule has 0 spiro atoms. The molecule has 0 saturated heterocycles. The molecule has 3 N–H and O–H groups in total. The zero-order chi connectivity index (χ0) is 15.9. The second kappa shape index (κ2) is 7.08. The molecule has 5 heteroatoms. The highest BCUT2D eigenvalue weighted by Crippen LogP contribution is 2.10. The molecule has 1 amide bonds. The molecule has 2 aromatic carbocycles. The van der Waals surface area contributed by atoms with Crippen molar-refractivity contribution < 1.29 is 14.3 Å². The van der Waals surface area contributed by atoms with Gasteiger partial charge in [0.25, 0.3) is 5.91 Å². The van der Waals surface area contributed by atoms with Crippen molar-refractivity contribution in [2.75, 3.05) is 12.8 Å². The first-order valence-electron chi connectivity index (χ1n) is 6.62. The number of amides is 1. The monoisotopic (exact) mass is 296 g/mol. The molecular weight excluding hydrogens is 280 g/mol. The van der Waals surface area contributed by atoms with Crippen LogP contribution in [0.1, 0.15) is 15.9 Å². The fraction of sp³-hybridized carbons (Fsp3) is 0.0588. The molecule has 0 atom stereocenters. The number of nitrogen functional groups attached to an aromatic ring is 1. The lowest BCUT2D eigenvalue weighted by Gasteiger charge is -2.08. The van der Waals surface area contributed by atoms with Crippen LogP contribution in [0.3, 0.4) is 0 Å². The number of methoxy groups -OCH3 is 1. The Labute approximate surface area is 128 Å². The second-order valence-corrected chi connectivity index (χ2v) is 4.54. The van der Waals surface area contributed by atoms with E-state index in [9.17, 15) is 9.59 Å². The summed E-state index contributed by atoms with van der Waals surface area (Å²) < 4.78 is 4.70. The second-order valence-electron chi connectivity index (χ2n) is 4.54. The summed E-state index contributed by atoms with van der Waals surface area (Å²) in [6.07, 6.45) is 1.53. The van der Waals surface area contributed by atoms with Crippen molar-refractivity contribution >= 4 is 23.6 Å². The molecule has 0 heterocycles. The number of ether oxygens (including phenoxy) is 1. The average Bonchev–Trinajstić information content (AvgIpc) is 2.56. The van der Waals surface area contributed by atoms with Crippen molar-refractivity contribution in [2.24, 2.45) is 0 Å².